The van der Waals surface area contributed by atoms with Gasteiger partial charge in [-0.1, -0.05) is 29.3 Å². The lowest BCUT2D eigenvalue weighted by Gasteiger charge is -2.12. The van der Waals surface area contributed by atoms with E-state index in [1.165, 1.54) is 19.4 Å². The van der Waals surface area contributed by atoms with Gasteiger partial charge in [0, 0.05) is 5.02 Å². The smallest absolute Gasteiger partial charge is 0.263 e. The molecule has 0 saturated heterocycles. The van der Waals surface area contributed by atoms with Crippen LogP contribution in [-0.2, 0) is 10.0 Å². The number of hydrogen-bond donors (Lipinski definition) is 1. The van der Waals surface area contributed by atoms with Crippen molar-refractivity contribution in [1.82, 2.24) is 9.97 Å². The van der Waals surface area contributed by atoms with E-state index in [0.29, 0.717) is 10.6 Å². The Kier molecular flexibility index (Phi) is 4.55. The Hall–Kier alpha value is -1.57. The summed E-state index contributed by atoms with van der Waals surface area (Å²) in [5, 5.41) is 0.387. The number of nitrogens with zero attached hydrogens (tertiary/aromatic N) is 2. The van der Waals surface area contributed by atoms with Crippen molar-refractivity contribution >= 4 is 39.0 Å². The second kappa shape index (κ2) is 6.05. The van der Waals surface area contributed by atoms with Crippen LogP contribution in [0.4, 0.5) is 5.82 Å². The monoisotopic (exact) mass is 347 g/mol. The van der Waals surface area contributed by atoms with Crippen molar-refractivity contribution in [3.63, 3.8) is 0 Å². The maximum Gasteiger partial charge on any atom is 0.263 e. The fraction of sp³-hybridized carbons (Fsp3) is 0.167. The number of methoxy groups -OCH3 is 1. The Morgan fingerprint density at radius 2 is 2.00 bits per heavy atom. The largest absolute Gasteiger partial charge is 0.478 e. The molecular formula is C12H11Cl2N3O3S. The van der Waals surface area contributed by atoms with Crippen LogP contribution < -0.4 is 9.46 Å². The molecule has 2 rings (SSSR count). The van der Waals surface area contributed by atoms with Crippen molar-refractivity contribution < 1.29 is 13.2 Å². The number of rotatable bonds is 4. The van der Waals surface area contributed by atoms with E-state index in [1.54, 1.807) is 19.1 Å². The Balaban J connectivity index is 2.47. The lowest BCUT2D eigenvalue weighted by Crippen LogP contribution is -2.16. The van der Waals surface area contributed by atoms with Crippen LogP contribution in [0.25, 0.3) is 0 Å². The van der Waals surface area contributed by atoms with Crippen molar-refractivity contribution in [2.24, 2.45) is 0 Å². The van der Waals surface area contributed by atoms with Crippen LogP contribution in [0.3, 0.4) is 0 Å². The number of halogens is 2. The molecular weight excluding hydrogens is 337 g/mol. The fourth-order valence-electron chi connectivity index (χ4n) is 1.63. The van der Waals surface area contributed by atoms with Crippen molar-refractivity contribution in [3.05, 3.63) is 40.1 Å². The predicted molar refractivity (Wildman–Crippen MR) is 80.6 cm³/mol. The van der Waals surface area contributed by atoms with Crippen LogP contribution in [0, 0.1) is 6.92 Å². The molecule has 0 amide bonds. The number of benzene rings is 1. The van der Waals surface area contributed by atoms with E-state index in [4.69, 9.17) is 27.9 Å². The summed E-state index contributed by atoms with van der Waals surface area (Å²) in [7, 11) is -2.54. The molecule has 0 spiro atoms. The molecule has 1 aromatic carbocycles. The average molecular weight is 348 g/mol. The molecule has 0 radical (unpaired) electrons. The maximum atomic E-state index is 12.4. The van der Waals surface area contributed by atoms with Gasteiger partial charge in [0.15, 0.2) is 0 Å². The van der Waals surface area contributed by atoms with Crippen LogP contribution in [0.15, 0.2) is 29.3 Å². The van der Waals surface area contributed by atoms with E-state index >= 15 is 0 Å². The molecule has 6 nitrogen and oxygen atoms in total. The number of aromatic nitrogens is 2. The van der Waals surface area contributed by atoms with Gasteiger partial charge in [-0.2, -0.15) is 0 Å². The van der Waals surface area contributed by atoms with Gasteiger partial charge in [-0.3, -0.25) is 4.72 Å². The first-order chi connectivity index (χ1) is 9.85. The highest BCUT2D eigenvalue weighted by atomic mass is 35.5. The van der Waals surface area contributed by atoms with Gasteiger partial charge in [-0.25, -0.2) is 18.4 Å². The van der Waals surface area contributed by atoms with Crippen LogP contribution >= 0.6 is 23.2 Å². The third-order valence-corrected chi connectivity index (χ3v) is 4.72. The van der Waals surface area contributed by atoms with E-state index in [2.05, 4.69) is 14.7 Å². The van der Waals surface area contributed by atoms with E-state index in [0.717, 1.165) is 0 Å². The zero-order valence-corrected chi connectivity index (χ0v) is 13.4. The van der Waals surface area contributed by atoms with Crippen LogP contribution in [0.1, 0.15) is 5.56 Å². The molecule has 112 valence electrons. The van der Waals surface area contributed by atoms with Crippen molar-refractivity contribution in [2.75, 3.05) is 11.8 Å². The summed E-state index contributed by atoms with van der Waals surface area (Å²) in [5.41, 5.74) is 0.431. The van der Waals surface area contributed by atoms with Crippen molar-refractivity contribution in [3.8, 4) is 5.88 Å². The number of nitrogens with one attached hydrogen (secondary N) is 1. The number of sulfonamides is 1. The van der Waals surface area contributed by atoms with Gasteiger partial charge in [0.2, 0.25) is 5.82 Å². The number of anilines is 1. The summed E-state index contributed by atoms with van der Waals surface area (Å²) in [6.07, 6.45) is 1.25. The van der Waals surface area contributed by atoms with Gasteiger partial charge < -0.3 is 4.74 Å². The number of ether oxygens (including phenoxy) is 1. The molecule has 2 aromatic rings. The normalized spacial score (nSPS) is 11.2. The van der Waals surface area contributed by atoms with Crippen LogP contribution in [0.2, 0.25) is 10.2 Å². The highest BCUT2D eigenvalue weighted by Gasteiger charge is 2.21. The lowest BCUT2D eigenvalue weighted by atomic mass is 10.2. The molecule has 1 aromatic heterocycles. The van der Waals surface area contributed by atoms with Crippen molar-refractivity contribution in [2.45, 2.75) is 11.8 Å². The summed E-state index contributed by atoms with van der Waals surface area (Å²) in [5.74, 6) is -0.0768. The summed E-state index contributed by atoms with van der Waals surface area (Å²) >= 11 is 11.7. The highest BCUT2D eigenvalue weighted by molar-refractivity contribution is 7.92. The SMILES string of the molecule is COc1ncc(Cl)nc1NS(=O)(=O)c1cccc(Cl)c1C. The molecule has 0 unspecified atom stereocenters. The Morgan fingerprint density at radius 3 is 2.67 bits per heavy atom. The second-order valence-electron chi connectivity index (χ2n) is 4.02. The molecule has 1 heterocycles. The summed E-state index contributed by atoms with van der Waals surface area (Å²) in [6, 6.07) is 4.59. The molecule has 0 aliphatic heterocycles. The van der Waals surface area contributed by atoms with Crippen LogP contribution in [-0.4, -0.2) is 25.5 Å². The van der Waals surface area contributed by atoms with Crippen LogP contribution in [0.5, 0.6) is 5.88 Å². The molecule has 0 fully saturated rings. The van der Waals surface area contributed by atoms with Crippen molar-refractivity contribution in [1.29, 1.82) is 0 Å². The molecule has 0 aliphatic carbocycles. The maximum absolute atomic E-state index is 12.4. The first-order valence-corrected chi connectivity index (χ1v) is 7.93. The zero-order chi connectivity index (χ0) is 15.6. The van der Waals surface area contributed by atoms with Gasteiger partial charge in [0.25, 0.3) is 15.9 Å². The van der Waals surface area contributed by atoms with Gasteiger partial charge in [-0.05, 0) is 24.6 Å². The van der Waals surface area contributed by atoms with Gasteiger partial charge in [0.05, 0.1) is 18.2 Å². The first kappa shape index (κ1) is 15.8. The first-order valence-electron chi connectivity index (χ1n) is 5.69. The van der Waals surface area contributed by atoms with E-state index in [9.17, 15) is 8.42 Å². The Morgan fingerprint density at radius 1 is 1.29 bits per heavy atom. The summed E-state index contributed by atoms with van der Waals surface area (Å²) < 4.78 is 32.1. The van der Waals surface area contributed by atoms with E-state index in [-0.39, 0.29) is 21.7 Å². The quantitative estimate of drug-likeness (QED) is 0.919. The van der Waals surface area contributed by atoms with E-state index < -0.39 is 10.0 Å². The number of hydrogen-bond acceptors (Lipinski definition) is 5. The standard InChI is InChI=1S/C12H11Cl2N3O3S/c1-7-8(13)4-3-5-9(7)21(18,19)17-11-12(20-2)15-6-10(14)16-11/h3-6H,1-2H3,(H,16,17). The molecule has 0 aliphatic rings. The van der Waals surface area contributed by atoms with E-state index in [1.807, 2.05) is 0 Å². The molecule has 9 heteroatoms. The molecule has 0 bridgehead atoms. The third-order valence-electron chi connectivity index (χ3n) is 2.64. The fourth-order valence-corrected chi connectivity index (χ4v) is 3.27. The minimum atomic E-state index is -3.89. The molecule has 0 atom stereocenters. The predicted octanol–water partition coefficient (Wildman–Crippen LogP) is 2.90. The van der Waals surface area contributed by atoms with Gasteiger partial charge >= 0.3 is 0 Å². The Labute approximate surface area is 132 Å². The minimum absolute atomic E-state index is 0.0163. The van der Waals surface area contributed by atoms with Gasteiger partial charge in [0.1, 0.15) is 5.15 Å². The molecule has 0 saturated carbocycles. The second-order valence-corrected chi connectivity index (χ2v) is 6.46. The minimum Gasteiger partial charge on any atom is -0.478 e. The zero-order valence-electron chi connectivity index (χ0n) is 11.1. The molecule has 21 heavy (non-hydrogen) atoms. The lowest BCUT2D eigenvalue weighted by molar-refractivity contribution is 0.398. The highest BCUT2D eigenvalue weighted by Crippen LogP contribution is 2.27. The Bertz CT molecular complexity index is 781. The topological polar surface area (TPSA) is 81.2 Å². The summed E-state index contributed by atoms with van der Waals surface area (Å²) in [4.78, 5) is 7.75. The third kappa shape index (κ3) is 3.37. The molecule has 1 N–H and O–H groups in total. The summed E-state index contributed by atoms with van der Waals surface area (Å²) in [6.45, 7) is 1.61. The van der Waals surface area contributed by atoms with Gasteiger partial charge in [-0.15, -0.1) is 0 Å². The average Bonchev–Trinajstić information content (AvgIpc) is 2.41.